The quantitative estimate of drug-likeness (QED) is 0.608. The van der Waals surface area contributed by atoms with E-state index in [1.807, 2.05) is 35.3 Å². The predicted molar refractivity (Wildman–Crippen MR) is 91.4 cm³/mol. The molecule has 2 aromatic rings. The predicted octanol–water partition coefficient (Wildman–Crippen LogP) is 2.33. The molecule has 1 aromatic heterocycles. The number of benzene rings is 1. The fourth-order valence-corrected chi connectivity index (χ4v) is 2.27. The molecule has 6 heteroatoms. The Morgan fingerprint density at radius 1 is 1.36 bits per heavy atom. The van der Waals surface area contributed by atoms with Gasteiger partial charge in [-0.3, -0.25) is 4.99 Å². The second-order valence-electron chi connectivity index (χ2n) is 4.87. The summed E-state index contributed by atoms with van der Waals surface area (Å²) in [6, 6.07) is 7.91. The highest BCUT2D eigenvalue weighted by molar-refractivity contribution is 6.30. The third-order valence-corrected chi connectivity index (χ3v) is 3.36. The summed E-state index contributed by atoms with van der Waals surface area (Å²) in [5, 5.41) is 7.34. The zero-order valence-electron chi connectivity index (χ0n) is 12.8. The van der Waals surface area contributed by atoms with Gasteiger partial charge in [-0.25, -0.2) is 4.98 Å². The van der Waals surface area contributed by atoms with Gasteiger partial charge in [-0.05, 0) is 31.0 Å². The molecule has 0 saturated carbocycles. The minimum Gasteiger partial charge on any atom is -0.357 e. The van der Waals surface area contributed by atoms with Crippen molar-refractivity contribution in [3.8, 4) is 0 Å². The molecule has 0 amide bonds. The molecule has 2 N–H and O–H groups in total. The second kappa shape index (κ2) is 9.10. The van der Waals surface area contributed by atoms with Crippen molar-refractivity contribution in [2.45, 2.75) is 19.9 Å². The molecule has 0 aliphatic heterocycles. The summed E-state index contributed by atoms with van der Waals surface area (Å²) in [7, 11) is 0. The highest BCUT2D eigenvalue weighted by Crippen LogP contribution is 2.10. The molecule has 0 atom stereocenters. The summed E-state index contributed by atoms with van der Waals surface area (Å²) in [6.45, 7) is 5.29. The van der Waals surface area contributed by atoms with Crippen LogP contribution in [0.4, 0.5) is 0 Å². The number of nitrogens with zero attached hydrogens (tertiary/aromatic N) is 3. The van der Waals surface area contributed by atoms with E-state index in [4.69, 9.17) is 11.6 Å². The summed E-state index contributed by atoms with van der Waals surface area (Å²) in [5.74, 6) is 0.838. The highest BCUT2D eigenvalue weighted by atomic mass is 35.5. The molecule has 0 aliphatic carbocycles. The van der Waals surface area contributed by atoms with E-state index < -0.39 is 0 Å². The number of guanidine groups is 1. The van der Waals surface area contributed by atoms with Gasteiger partial charge in [-0.1, -0.05) is 23.7 Å². The maximum Gasteiger partial charge on any atom is 0.191 e. The number of aliphatic imine (C=N–C) groups is 1. The van der Waals surface area contributed by atoms with E-state index in [2.05, 4.69) is 33.6 Å². The van der Waals surface area contributed by atoms with Gasteiger partial charge in [-0.15, -0.1) is 0 Å². The molecule has 118 valence electrons. The fourth-order valence-electron chi connectivity index (χ4n) is 2.05. The van der Waals surface area contributed by atoms with E-state index in [1.54, 1.807) is 6.20 Å². The maximum atomic E-state index is 5.99. The molecule has 0 bridgehead atoms. The van der Waals surface area contributed by atoms with Crippen LogP contribution in [0.5, 0.6) is 0 Å². The Morgan fingerprint density at radius 2 is 2.27 bits per heavy atom. The van der Waals surface area contributed by atoms with E-state index in [1.165, 1.54) is 5.56 Å². The molecule has 1 aromatic carbocycles. The van der Waals surface area contributed by atoms with Gasteiger partial charge in [-0.2, -0.15) is 0 Å². The Kier molecular flexibility index (Phi) is 6.77. The Bertz CT molecular complexity index is 580. The average Bonchev–Trinajstić information content (AvgIpc) is 3.01. The number of nitrogens with one attached hydrogen (secondary N) is 2. The van der Waals surface area contributed by atoms with Crippen molar-refractivity contribution in [1.82, 2.24) is 20.2 Å². The first-order valence-corrected chi connectivity index (χ1v) is 7.88. The van der Waals surface area contributed by atoms with Crippen LogP contribution >= 0.6 is 11.6 Å². The lowest BCUT2D eigenvalue weighted by Crippen LogP contribution is -2.39. The fraction of sp³-hybridized carbons (Fsp3) is 0.375. The van der Waals surface area contributed by atoms with Crippen LogP contribution in [0.3, 0.4) is 0 Å². The van der Waals surface area contributed by atoms with E-state index in [0.717, 1.165) is 43.6 Å². The molecule has 0 aliphatic rings. The molecule has 0 saturated heterocycles. The van der Waals surface area contributed by atoms with Crippen molar-refractivity contribution in [3.05, 3.63) is 53.6 Å². The molecule has 2 rings (SSSR count). The van der Waals surface area contributed by atoms with Crippen molar-refractivity contribution >= 4 is 17.6 Å². The van der Waals surface area contributed by atoms with Gasteiger partial charge in [0.05, 0.1) is 6.33 Å². The first-order chi connectivity index (χ1) is 10.8. The van der Waals surface area contributed by atoms with Gasteiger partial charge in [0.25, 0.3) is 0 Å². The van der Waals surface area contributed by atoms with Crippen molar-refractivity contribution in [2.75, 3.05) is 19.6 Å². The maximum absolute atomic E-state index is 5.99. The van der Waals surface area contributed by atoms with Crippen molar-refractivity contribution in [3.63, 3.8) is 0 Å². The van der Waals surface area contributed by atoms with Gasteiger partial charge in [0.1, 0.15) is 0 Å². The number of imidazole rings is 1. The number of rotatable bonds is 7. The van der Waals surface area contributed by atoms with Crippen molar-refractivity contribution in [1.29, 1.82) is 0 Å². The SMILES string of the molecule is CCNC(=NCCc1cccc(Cl)c1)NCCn1ccnc1. The van der Waals surface area contributed by atoms with Crippen LogP contribution in [0.2, 0.25) is 5.02 Å². The lowest BCUT2D eigenvalue weighted by Gasteiger charge is -2.11. The van der Waals surface area contributed by atoms with Crippen LogP contribution in [-0.4, -0.2) is 35.1 Å². The minimum atomic E-state index is 0.723. The van der Waals surface area contributed by atoms with Crippen LogP contribution in [-0.2, 0) is 13.0 Å². The van der Waals surface area contributed by atoms with Gasteiger partial charge in [0.2, 0.25) is 0 Å². The monoisotopic (exact) mass is 319 g/mol. The molecule has 5 nitrogen and oxygen atoms in total. The Balaban J connectivity index is 1.78. The molecular weight excluding hydrogens is 298 g/mol. The smallest absolute Gasteiger partial charge is 0.191 e. The number of aromatic nitrogens is 2. The van der Waals surface area contributed by atoms with Crippen LogP contribution in [0, 0.1) is 0 Å². The molecule has 1 heterocycles. The average molecular weight is 320 g/mol. The lowest BCUT2D eigenvalue weighted by atomic mass is 10.1. The first-order valence-electron chi connectivity index (χ1n) is 7.50. The molecule has 0 unspecified atom stereocenters. The largest absolute Gasteiger partial charge is 0.357 e. The lowest BCUT2D eigenvalue weighted by molar-refractivity contribution is 0.662. The molecular formula is C16H22ClN5. The van der Waals surface area contributed by atoms with Crippen LogP contribution < -0.4 is 10.6 Å². The highest BCUT2D eigenvalue weighted by Gasteiger charge is 1.98. The van der Waals surface area contributed by atoms with Crippen LogP contribution in [0.15, 0.2) is 48.0 Å². The first kappa shape index (κ1) is 16.4. The zero-order chi connectivity index (χ0) is 15.6. The Labute approximate surface area is 136 Å². The van der Waals surface area contributed by atoms with Gasteiger partial charge < -0.3 is 15.2 Å². The summed E-state index contributed by atoms with van der Waals surface area (Å²) < 4.78 is 2.03. The third kappa shape index (κ3) is 5.77. The minimum absolute atomic E-state index is 0.723. The van der Waals surface area contributed by atoms with E-state index in [9.17, 15) is 0 Å². The second-order valence-corrected chi connectivity index (χ2v) is 5.30. The molecule has 0 fully saturated rings. The molecule has 0 spiro atoms. The summed E-state index contributed by atoms with van der Waals surface area (Å²) in [6.07, 6.45) is 6.42. The van der Waals surface area contributed by atoms with Crippen LogP contribution in [0.25, 0.3) is 0 Å². The summed E-state index contributed by atoms with van der Waals surface area (Å²) in [5.41, 5.74) is 1.20. The normalized spacial score (nSPS) is 11.5. The van der Waals surface area contributed by atoms with E-state index >= 15 is 0 Å². The molecule has 22 heavy (non-hydrogen) atoms. The number of halogens is 1. The number of hydrogen-bond donors (Lipinski definition) is 2. The van der Waals surface area contributed by atoms with Crippen LogP contribution in [0.1, 0.15) is 12.5 Å². The van der Waals surface area contributed by atoms with E-state index in [0.29, 0.717) is 0 Å². The van der Waals surface area contributed by atoms with Crippen molar-refractivity contribution < 1.29 is 0 Å². The summed E-state index contributed by atoms with van der Waals surface area (Å²) >= 11 is 5.99. The van der Waals surface area contributed by atoms with E-state index in [-0.39, 0.29) is 0 Å². The van der Waals surface area contributed by atoms with Crippen molar-refractivity contribution in [2.24, 2.45) is 4.99 Å². The van der Waals surface area contributed by atoms with Gasteiger partial charge in [0, 0.05) is 43.6 Å². The zero-order valence-corrected chi connectivity index (χ0v) is 13.6. The number of hydrogen-bond acceptors (Lipinski definition) is 2. The third-order valence-electron chi connectivity index (χ3n) is 3.13. The standard InChI is InChI=1S/C16H22ClN5/c1-2-19-16(21-9-11-22-10-8-18-13-22)20-7-6-14-4-3-5-15(17)12-14/h3-5,8,10,12-13H,2,6-7,9,11H2,1H3,(H2,19,20,21). The van der Waals surface area contributed by atoms with Gasteiger partial charge >= 0.3 is 0 Å². The molecule has 0 radical (unpaired) electrons. The topological polar surface area (TPSA) is 54.2 Å². The summed E-state index contributed by atoms with van der Waals surface area (Å²) in [4.78, 5) is 8.61. The Morgan fingerprint density at radius 3 is 3.00 bits per heavy atom. The Hall–Kier alpha value is -2.01. The van der Waals surface area contributed by atoms with Gasteiger partial charge in [0.15, 0.2) is 5.96 Å².